The first kappa shape index (κ1) is 13.1. The lowest BCUT2D eigenvalue weighted by molar-refractivity contribution is 0.0984. The second-order valence-electron chi connectivity index (χ2n) is 5.20. The predicted molar refractivity (Wildman–Crippen MR) is 80.7 cm³/mol. The van der Waals surface area contributed by atoms with E-state index in [-0.39, 0.29) is 16.8 Å². The molecule has 2 aromatic rings. The van der Waals surface area contributed by atoms with E-state index >= 15 is 0 Å². The Morgan fingerprint density at radius 3 is 2.70 bits per heavy atom. The van der Waals surface area contributed by atoms with Gasteiger partial charge in [0.05, 0.1) is 0 Å². The maximum Gasteiger partial charge on any atom is 0.307 e. The number of hydrogen-bond donors (Lipinski definition) is 0. The maximum atomic E-state index is 12.8. The molecule has 2 heterocycles. The normalized spacial score (nSPS) is 17.4. The van der Waals surface area contributed by atoms with Crippen LogP contribution in [0, 0.1) is 6.92 Å². The van der Waals surface area contributed by atoms with Crippen LogP contribution in [0.5, 0.6) is 0 Å². The van der Waals surface area contributed by atoms with Crippen molar-refractivity contribution in [3.63, 3.8) is 0 Å². The summed E-state index contributed by atoms with van der Waals surface area (Å²) in [6, 6.07) is 8.09. The standard InChI is InChI=1S/C15H16N2O2S/c1-9-8-11-6-4-5-7-12(11)17(9)14(18)13-10(2)16(3)15(19)20-13/h4-7,9H,8H2,1-3H3. The van der Waals surface area contributed by atoms with Gasteiger partial charge in [0.1, 0.15) is 4.88 Å². The van der Waals surface area contributed by atoms with Crippen LogP contribution >= 0.6 is 11.3 Å². The van der Waals surface area contributed by atoms with E-state index in [0.29, 0.717) is 4.88 Å². The number of hydrogen-bond acceptors (Lipinski definition) is 3. The van der Waals surface area contributed by atoms with Gasteiger partial charge in [-0.2, -0.15) is 0 Å². The number of anilines is 1. The second kappa shape index (κ2) is 4.59. The highest BCUT2D eigenvalue weighted by Gasteiger charge is 2.33. The number of benzene rings is 1. The van der Waals surface area contributed by atoms with Crippen molar-refractivity contribution in [3.05, 3.63) is 50.1 Å². The molecule has 1 aliphatic heterocycles. The van der Waals surface area contributed by atoms with E-state index in [1.54, 1.807) is 7.05 Å². The number of fused-ring (bicyclic) bond motifs is 1. The lowest BCUT2D eigenvalue weighted by atomic mass is 10.1. The molecule has 0 fully saturated rings. The van der Waals surface area contributed by atoms with Crippen molar-refractivity contribution in [1.29, 1.82) is 0 Å². The number of amides is 1. The summed E-state index contributed by atoms with van der Waals surface area (Å²) < 4.78 is 1.53. The molecule has 104 valence electrons. The van der Waals surface area contributed by atoms with Crippen LogP contribution in [-0.4, -0.2) is 16.5 Å². The monoisotopic (exact) mass is 288 g/mol. The summed E-state index contributed by atoms with van der Waals surface area (Å²) in [7, 11) is 1.70. The zero-order valence-electron chi connectivity index (χ0n) is 11.7. The summed E-state index contributed by atoms with van der Waals surface area (Å²) in [5, 5.41) is 0. The quantitative estimate of drug-likeness (QED) is 0.808. The second-order valence-corrected chi connectivity index (χ2v) is 6.16. The van der Waals surface area contributed by atoms with Gasteiger partial charge >= 0.3 is 4.87 Å². The van der Waals surface area contributed by atoms with Crippen molar-refractivity contribution in [2.75, 3.05) is 4.90 Å². The molecule has 1 aliphatic rings. The van der Waals surface area contributed by atoms with Crippen LogP contribution in [0.4, 0.5) is 5.69 Å². The van der Waals surface area contributed by atoms with Crippen molar-refractivity contribution in [3.8, 4) is 0 Å². The van der Waals surface area contributed by atoms with Crippen molar-refractivity contribution >= 4 is 22.9 Å². The van der Waals surface area contributed by atoms with E-state index in [0.717, 1.165) is 29.1 Å². The minimum atomic E-state index is -0.0917. The van der Waals surface area contributed by atoms with Crippen LogP contribution < -0.4 is 9.77 Å². The Kier molecular flexibility index (Phi) is 3.01. The Morgan fingerprint density at radius 2 is 2.05 bits per heavy atom. The molecule has 0 saturated heterocycles. The van der Waals surface area contributed by atoms with Gasteiger partial charge in [-0.25, -0.2) is 0 Å². The number of para-hydroxylation sites is 1. The van der Waals surface area contributed by atoms with Crippen molar-refractivity contribution in [2.24, 2.45) is 7.05 Å². The smallest absolute Gasteiger partial charge is 0.306 e. The molecule has 1 aromatic carbocycles. The molecule has 0 bridgehead atoms. The summed E-state index contributed by atoms with van der Waals surface area (Å²) >= 11 is 1.03. The van der Waals surface area contributed by atoms with Crippen molar-refractivity contribution in [1.82, 2.24) is 4.57 Å². The summed E-state index contributed by atoms with van der Waals surface area (Å²) in [6.07, 6.45) is 0.864. The van der Waals surface area contributed by atoms with Crippen LogP contribution in [0.2, 0.25) is 0 Å². The van der Waals surface area contributed by atoms with Crippen LogP contribution in [0.25, 0.3) is 0 Å². The lowest BCUT2D eigenvalue weighted by Crippen LogP contribution is -2.35. The molecule has 0 aliphatic carbocycles. The molecular weight excluding hydrogens is 272 g/mol. The van der Waals surface area contributed by atoms with Crippen LogP contribution in [-0.2, 0) is 13.5 Å². The van der Waals surface area contributed by atoms with E-state index in [9.17, 15) is 9.59 Å². The average molecular weight is 288 g/mol. The molecule has 1 amide bonds. The van der Waals surface area contributed by atoms with Gasteiger partial charge in [-0.1, -0.05) is 29.5 Å². The molecule has 1 aromatic heterocycles. The third-order valence-corrected chi connectivity index (χ3v) is 5.04. The summed E-state index contributed by atoms with van der Waals surface area (Å²) in [5.74, 6) is -0.0670. The molecule has 4 nitrogen and oxygen atoms in total. The van der Waals surface area contributed by atoms with Gasteiger partial charge in [0.25, 0.3) is 5.91 Å². The van der Waals surface area contributed by atoms with Crippen LogP contribution in [0.15, 0.2) is 29.1 Å². The van der Waals surface area contributed by atoms with E-state index in [1.165, 1.54) is 10.1 Å². The highest BCUT2D eigenvalue weighted by Crippen LogP contribution is 2.33. The molecule has 20 heavy (non-hydrogen) atoms. The maximum absolute atomic E-state index is 12.8. The van der Waals surface area contributed by atoms with Gasteiger partial charge in [0.2, 0.25) is 0 Å². The zero-order chi connectivity index (χ0) is 14.4. The van der Waals surface area contributed by atoms with Crippen LogP contribution in [0.1, 0.15) is 27.9 Å². The Hall–Kier alpha value is -1.88. The largest absolute Gasteiger partial charge is 0.307 e. The molecule has 1 unspecified atom stereocenters. The third kappa shape index (κ3) is 1.81. The van der Waals surface area contributed by atoms with Gasteiger partial charge in [0.15, 0.2) is 0 Å². The summed E-state index contributed by atoms with van der Waals surface area (Å²) in [5.41, 5.74) is 2.89. The molecule has 3 rings (SSSR count). The lowest BCUT2D eigenvalue weighted by Gasteiger charge is -2.22. The highest BCUT2D eigenvalue weighted by molar-refractivity contribution is 7.11. The number of aromatic nitrogens is 1. The fraction of sp³-hybridized carbons (Fsp3) is 0.333. The molecule has 0 spiro atoms. The number of carbonyl (C=O) groups excluding carboxylic acids is 1. The van der Waals surface area contributed by atoms with Gasteiger partial charge in [-0.3, -0.25) is 9.59 Å². The van der Waals surface area contributed by atoms with E-state index in [1.807, 2.05) is 36.9 Å². The third-order valence-electron chi connectivity index (χ3n) is 3.92. The average Bonchev–Trinajstić information content (AvgIpc) is 2.89. The van der Waals surface area contributed by atoms with Gasteiger partial charge in [-0.15, -0.1) is 0 Å². The topological polar surface area (TPSA) is 42.3 Å². The molecule has 1 atom stereocenters. The van der Waals surface area contributed by atoms with Gasteiger partial charge in [-0.05, 0) is 31.9 Å². The van der Waals surface area contributed by atoms with Gasteiger partial charge < -0.3 is 9.47 Å². The Labute approximate surface area is 121 Å². The minimum Gasteiger partial charge on any atom is -0.306 e. The SMILES string of the molecule is Cc1c(C(=O)N2c3ccccc3CC2C)sc(=O)n1C. The van der Waals surface area contributed by atoms with Crippen molar-refractivity contribution < 1.29 is 4.79 Å². The molecule has 0 radical (unpaired) electrons. The van der Waals surface area contributed by atoms with Crippen molar-refractivity contribution in [2.45, 2.75) is 26.3 Å². The zero-order valence-corrected chi connectivity index (χ0v) is 12.5. The molecule has 0 saturated carbocycles. The first-order chi connectivity index (χ1) is 9.50. The first-order valence-corrected chi connectivity index (χ1v) is 7.40. The Bertz CT molecular complexity index is 745. The highest BCUT2D eigenvalue weighted by atomic mass is 32.1. The Balaban J connectivity index is 2.07. The number of thiazole rings is 1. The molecular formula is C15H16N2O2S. The number of rotatable bonds is 1. The summed E-state index contributed by atoms with van der Waals surface area (Å²) in [4.78, 5) is 26.8. The Morgan fingerprint density at radius 1 is 1.35 bits per heavy atom. The number of nitrogens with zero attached hydrogens (tertiary/aromatic N) is 2. The van der Waals surface area contributed by atoms with E-state index in [2.05, 4.69) is 6.07 Å². The van der Waals surface area contributed by atoms with E-state index < -0.39 is 0 Å². The molecule has 0 N–H and O–H groups in total. The first-order valence-electron chi connectivity index (χ1n) is 6.58. The minimum absolute atomic E-state index is 0.0670. The number of carbonyl (C=O) groups is 1. The summed E-state index contributed by atoms with van der Waals surface area (Å²) in [6.45, 7) is 3.86. The molecule has 5 heteroatoms. The fourth-order valence-corrected chi connectivity index (χ4v) is 3.62. The fourth-order valence-electron chi connectivity index (χ4n) is 2.70. The van der Waals surface area contributed by atoms with E-state index in [4.69, 9.17) is 0 Å². The predicted octanol–water partition coefficient (Wildman–Crippen LogP) is 2.35. The van der Waals surface area contributed by atoms with Gasteiger partial charge in [0, 0.05) is 24.5 Å². The van der Waals surface area contributed by atoms with Crippen LogP contribution in [0.3, 0.4) is 0 Å².